The molecule has 0 saturated heterocycles. The lowest BCUT2D eigenvalue weighted by molar-refractivity contribution is -0.133. The molecule has 1 aromatic carbocycles. The average Bonchev–Trinajstić information content (AvgIpc) is 2.58. The molecule has 1 rings (SSSR count). The number of hydrogen-bond donors (Lipinski definition) is 2. The summed E-state index contributed by atoms with van der Waals surface area (Å²) in [4.78, 5) is 20.4. The summed E-state index contributed by atoms with van der Waals surface area (Å²) in [5.74, 6) is -1.99. The second-order valence-electron chi connectivity index (χ2n) is 4.95. The molecule has 0 radical (unpaired) electrons. The molecule has 24 heavy (non-hydrogen) atoms. The number of allylic oxidation sites excluding steroid dienone is 4. The van der Waals surface area contributed by atoms with E-state index >= 15 is 0 Å². The van der Waals surface area contributed by atoms with Gasteiger partial charge in [0.25, 0.3) is 0 Å². The highest BCUT2D eigenvalue weighted by atomic mass is 16.4. The van der Waals surface area contributed by atoms with Crippen molar-refractivity contribution >= 4 is 18.0 Å². The van der Waals surface area contributed by atoms with E-state index in [1.807, 2.05) is 49.4 Å². The van der Waals surface area contributed by atoms with E-state index in [9.17, 15) is 9.59 Å². The molecule has 126 valence electrons. The Morgan fingerprint density at radius 3 is 2.04 bits per heavy atom. The monoisotopic (exact) mass is 326 g/mol. The van der Waals surface area contributed by atoms with Gasteiger partial charge in [0.2, 0.25) is 0 Å². The highest BCUT2D eigenvalue weighted by Crippen LogP contribution is 2.30. The smallest absolute Gasteiger partial charge is 0.332 e. The number of carboxylic acid groups (broad SMARTS) is 2. The van der Waals surface area contributed by atoms with Crippen molar-refractivity contribution in [1.29, 1.82) is 0 Å². The summed E-state index contributed by atoms with van der Waals surface area (Å²) in [6.07, 6.45) is 9.67. The van der Waals surface area contributed by atoms with Gasteiger partial charge in [-0.3, -0.25) is 0 Å². The van der Waals surface area contributed by atoms with E-state index in [1.165, 1.54) is 0 Å². The third kappa shape index (κ3) is 7.75. The Morgan fingerprint density at radius 2 is 1.62 bits per heavy atom. The fourth-order valence-corrected chi connectivity index (χ4v) is 1.59. The molecule has 1 aromatic rings. The quantitative estimate of drug-likeness (QED) is 0.577. The average molecular weight is 326 g/mol. The maximum absolute atomic E-state index is 11.1. The van der Waals surface area contributed by atoms with Gasteiger partial charge in [-0.2, -0.15) is 0 Å². The van der Waals surface area contributed by atoms with Gasteiger partial charge in [0, 0.05) is 17.1 Å². The highest BCUT2D eigenvalue weighted by Gasteiger charge is 2.26. The number of benzene rings is 1. The lowest BCUT2D eigenvalue weighted by Crippen LogP contribution is -2.19. The maximum Gasteiger partial charge on any atom is 0.332 e. The van der Waals surface area contributed by atoms with Gasteiger partial charge < -0.3 is 10.2 Å². The maximum atomic E-state index is 11.1. The van der Waals surface area contributed by atoms with Crippen LogP contribution in [0.25, 0.3) is 6.08 Å². The van der Waals surface area contributed by atoms with E-state index in [1.54, 1.807) is 18.2 Å². The van der Waals surface area contributed by atoms with Crippen molar-refractivity contribution in [2.75, 3.05) is 0 Å². The van der Waals surface area contributed by atoms with Crippen LogP contribution in [0.4, 0.5) is 0 Å². The van der Waals surface area contributed by atoms with Gasteiger partial charge in [-0.1, -0.05) is 80.4 Å². The zero-order valence-electron chi connectivity index (χ0n) is 13.7. The third-order valence-electron chi connectivity index (χ3n) is 3.08. The van der Waals surface area contributed by atoms with E-state index < -0.39 is 17.4 Å². The van der Waals surface area contributed by atoms with Crippen molar-refractivity contribution in [2.45, 2.75) is 6.92 Å². The number of aliphatic carboxylic acids is 2. The molecule has 0 bridgehead atoms. The van der Waals surface area contributed by atoms with Crippen molar-refractivity contribution in [3.8, 4) is 0 Å². The van der Waals surface area contributed by atoms with Gasteiger partial charge in [-0.15, -0.1) is 0 Å². The summed E-state index contributed by atoms with van der Waals surface area (Å²) in [5.41, 5.74) is 0.396. The molecular formula is C20H22O4. The van der Waals surface area contributed by atoms with E-state index in [0.717, 1.165) is 11.6 Å². The van der Waals surface area contributed by atoms with Gasteiger partial charge >= 0.3 is 11.9 Å². The molecule has 4 heteroatoms. The summed E-state index contributed by atoms with van der Waals surface area (Å²) in [5, 5.41) is 16.7. The second-order valence-corrected chi connectivity index (χ2v) is 4.95. The Kier molecular flexibility index (Phi) is 9.18. The summed E-state index contributed by atoms with van der Waals surface area (Å²) >= 11 is 0. The molecule has 0 aliphatic heterocycles. The van der Waals surface area contributed by atoms with Crippen LogP contribution in [0.2, 0.25) is 0 Å². The molecule has 2 N–H and O–H groups in total. The molecule has 0 amide bonds. The van der Waals surface area contributed by atoms with Crippen molar-refractivity contribution in [2.24, 2.45) is 5.41 Å². The summed E-state index contributed by atoms with van der Waals surface area (Å²) < 4.78 is 0. The van der Waals surface area contributed by atoms with Crippen molar-refractivity contribution < 1.29 is 19.8 Å². The van der Waals surface area contributed by atoms with Crippen molar-refractivity contribution in [3.05, 3.63) is 91.6 Å². The summed E-state index contributed by atoms with van der Waals surface area (Å²) in [6.45, 7) is 12.0. The van der Waals surface area contributed by atoms with Crippen LogP contribution in [0.5, 0.6) is 0 Å². The van der Waals surface area contributed by atoms with Crippen LogP contribution in [0.3, 0.4) is 0 Å². The molecule has 0 aliphatic rings. The molecule has 0 saturated carbocycles. The molecule has 1 unspecified atom stereocenters. The topological polar surface area (TPSA) is 74.6 Å². The Labute approximate surface area is 142 Å². The van der Waals surface area contributed by atoms with Crippen LogP contribution in [-0.4, -0.2) is 22.2 Å². The Hall–Kier alpha value is -3.14. The van der Waals surface area contributed by atoms with E-state index in [4.69, 9.17) is 10.2 Å². The molecular weight excluding hydrogens is 304 g/mol. The van der Waals surface area contributed by atoms with E-state index in [0.29, 0.717) is 0 Å². The lowest BCUT2D eigenvalue weighted by Gasteiger charge is -2.22. The zero-order valence-corrected chi connectivity index (χ0v) is 13.7. The number of hydrogen-bond acceptors (Lipinski definition) is 2. The Balaban J connectivity index is 0.000000922. The minimum absolute atomic E-state index is 0.123. The fraction of sp³-hybridized carbons (Fsp3) is 0.100. The summed E-state index contributed by atoms with van der Waals surface area (Å²) in [6, 6.07) is 9.71. The molecule has 1 atom stereocenters. The van der Waals surface area contributed by atoms with E-state index in [2.05, 4.69) is 19.7 Å². The number of rotatable bonds is 7. The minimum Gasteiger partial charge on any atom is -0.478 e. The largest absolute Gasteiger partial charge is 0.478 e. The number of carbonyl (C=O) groups is 2. The first-order chi connectivity index (χ1) is 11.3. The molecule has 0 fully saturated rings. The zero-order chi connectivity index (χ0) is 18.6. The van der Waals surface area contributed by atoms with Gasteiger partial charge in [0.1, 0.15) is 0 Å². The van der Waals surface area contributed by atoms with Gasteiger partial charge in [-0.05, 0) is 12.5 Å². The third-order valence-corrected chi connectivity index (χ3v) is 3.08. The molecule has 4 nitrogen and oxygen atoms in total. The predicted molar refractivity (Wildman–Crippen MR) is 97.5 cm³/mol. The molecule has 0 aromatic heterocycles. The first-order valence-corrected chi connectivity index (χ1v) is 7.09. The molecule has 0 heterocycles. The van der Waals surface area contributed by atoms with Gasteiger partial charge in [0.15, 0.2) is 0 Å². The lowest BCUT2D eigenvalue weighted by atomic mass is 9.81. The van der Waals surface area contributed by atoms with Crippen molar-refractivity contribution in [1.82, 2.24) is 0 Å². The standard InChI is InChI=1S/C17H18O2.C3H4O2/c1-4-5-12-17(3,14(2)16(18)19)13-11-15-9-7-6-8-10-15;1-2-3(4)5/h4-13H,1-2H2,3H3,(H,18,19);2H,1H2,(H,4,5). The van der Waals surface area contributed by atoms with Crippen LogP contribution < -0.4 is 0 Å². The Bertz CT molecular complexity index is 653. The SMILES string of the molecule is C=CC(=O)O.C=CC=CC(C)(C=Cc1ccccc1)C(=C)C(=O)O. The number of carboxylic acids is 2. The minimum atomic E-state index is -1.01. The normalized spacial score (nSPS) is 12.7. The van der Waals surface area contributed by atoms with Crippen LogP contribution in [0.15, 0.2) is 86.0 Å². The van der Waals surface area contributed by atoms with Gasteiger partial charge in [0.05, 0.1) is 0 Å². The first kappa shape index (κ1) is 20.9. The molecule has 0 spiro atoms. The van der Waals surface area contributed by atoms with Gasteiger partial charge in [-0.25, -0.2) is 9.59 Å². The van der Waals surface area contributed by atoms with E-state index in [-0.39, 0.29) is 5.57 Å². The van der Waals surface area contributed by atoms with Crippen LogP contribution in [0, 0.1) is 5.41 Å². The van der Waals surface area contributed by atoms with Crippen molar-refractivity contribution in [3.63, 3.8) is 0 Å². The second kappa shape index (κ2) is 10.6. The highest BCUT2D eigenvalue weighted by molar-refractivity contribution is 5.88. The van der Waals surface area contributed by atoms with Crippen LogP contribution >= 0.6 is 0 Å². The predicted octanol–water partition coefficient (Wildman–Crippen LogP) is 4.35. The van der Waals surface area contributed by atoms with Crippen LogP contribution in [-0.2, 0) is 9.59 Å². The molecule has 0 aliphatic carbocycles. The summed E-state index contributed by atoms with van der Waals surface area (Å²) in [7, 11) is 0. The Morgan fingerprint density at radius 1 is 1.08 bits per heavy atom. The first-order valence-electron chi connectivity index (χ1n) is 7.09. The van der Waals surface area contributed by atoms with Crippen LogP contribution in [0.1, 0.15) is 12.5 Å². The fourth-order valence-electron chi connectivity index (χ4n) is 1.59.